The number of allylic oxidation sites excluding steroid dienone is 3. The number of aliphatic hydroxyl groups excluding tert-OH is 3. The van der Waals surface area contributed by atoms with E-state index in [1.165, 1.54) is 0 Å². The van der Waals surface area contributed by atoms with Crippen molar-refractivity contribution in [3.05, 3.63) is 48.1 Å². The Morgan fingerprint density at radius 1 is 1.15 bits per heavy atom. The summed E-state index contributed by atoms with van der Waals surface area (Å²) in [7, 11) is 0. The molecule has 6 rings (SSSR count). The van der Waals surface area contributed by atoms with Gasteiger partial charge in [-0.3, -0.25) is 4.79 Å². The third-order valence-electron chi connectivity index (χ3n) is 10.3. The standard InChI is InChI=1S/C30H40O9/c1-6-7-8-9-10-11-12-13-27-37-24-20-23-26(15-31,36-23)25(34)28(35)19(14-17(4)21(28)32)30(20,39-27)18(5)22(33)29(24,38-27)16(2)3/h10-14,18-20,22-25,31,33-35H,2,6-9,15H2,1,3-5H3/t18-,19-,20+,22-,23+,24-,25-,26+,27-,28-,29+,30+/m1/s1. The first kappa shape index (κ1) is 27.5. The fourth-order valence-electron chi connectivity index (χ4n) is 8.32. The fraction of sp³-hybridized carbons (Fsp3) is 0.700. The molecule has 2 saturated carbocycles. The van der Waals surface area contributed by atoms with Crippen LogP contribution in [0.2, 0.25) is 0 Å². The van der Waals surface area contributed by atoms with E-state index in [0.717, 1.165) is 25.7 Å². The van der Waals surface area contributed by atoms with E-state index in [1.54, 1.807) is 39.0 Å². The summed E-state index contributed by atoms with van der Waals surface area (Å²) in [5.74, 6) is -4.89. The molecule has 3 saturated heterocycles. The van der Waals surface area contributed by atoms with Gasteiger partial charge in [-0.15, -0.1) is 0 Å². The SMILES string of the molecule is C=C(C)[C@@]12O[C@@]3(C=CC=CCCCCC)O[C@@H]1[C@@H]1[C@@H]4O[C@]4(CO)[C@@H](O)[C@]4(O)C(=O)C(C)=C[C@H]4[C@@]1(O3)[C@H](C)[C@H]2O. The van der Waals surface area contributed by atoms with E-state index in [2.05, 4.69) is 19.6 Å². The van der Waals surface area contributed by atoms with Crippen LogP contribution in [0.25, 0.3) is 0 Å². The Morgan fingerprint density at radius 3 is 2.56 bits per heavy atom. The van der Waals surface area contributed by atoms with Gasteiger partial charge in [0.2, 0.25) is 0 Å². The van der Waals surface area contributed by atoms with Gasteiger partial charge in [-0.1, -0.05) is 57.6 Å². The van der Waals surface area contributed by atoms with Crippen LogP contribution in [0, 0.1) is 17.8 Å². The molecule has 0 amide bonds. The highest BCUT2D eigenvalue weighted by Gasteiger charge is 2.89. The van der Waals surface area contributed by atoms with Gasteiger partial charge in [0.1, 0.15) is 29.5 Å². The zero-order valence-electron chi connectivity index (χ0n) is 23.0. The summed E-state index contributed by atoms with van der Waals surface area (Å²) in [6, 6.07) is 0. The predicted octanol–water partition coefficient (Wildman–Crippen LogP) is 1.84. The first-order chi connectivity index (χ1) is 18.4. The lowest BCUT2D eigenvalue weighted by molar-refractivity contribution is -0.407. The van der Waals surface area contributed by atoms with Gasteiger partial charge in [0.15, 0.2) is 11.4 Å². The van der Waals surface area contributed by atoms with Gasteiger partial charge in [-0.2, -0.15) is 0 Å². The second-order valence-corrected chi connectivity index (χ2v) is 12.4. The zero-order valence-corrected chi connectivity index (χ0v) is 23.0. The van der Waals surface area contributed by atoms with E-state index in [9.17, 15) is 25.2 Å². The Labute approximate surface area is 228 Å². The third-order valence-corrected chi connectivity index (χ3v) is 10.3. The first-order valence-electron chi connectivity index (χ1n) is 14.1. The van der Waals surface area contributed by atoms with Crippen molar-refractivity contribution in [1.29, 1.82) is 0 Å². The highest BCUT2D eigenvalue weighted by Crippen LogP contribution is 2.72. The number of hydrogen-bond donors (Lipinski definition) is 4. The molecule has 39 heavy (non-hydrogen) atoms. The van der Waals surface area contributed by atoms with E-state index in [0.29, 0.717) is 5.57 Å². The molecule has 3 bridgehead atoms. The maximum Gasteiger partial charge on any atom is 0.306 e. The fourth-order valence-corrected chi connectivity index (χ4v) is 8.32. The summed E-state index contributed by atoms with van der Waals surface area (Å²) in [6.07, 6.45) is 8.70. The van der Waals surface area contributed by atoms with Crippen LogP contribution in [0.5, 0.6) is 0 Å². The van der Waals surface area contributed by atoms with Crippen LogP contribution in [0.3, 0.4) is 0 Å². The number of unbranched alkanes of at least 4 members (excludes halogenated alkanes) is 3. The maximum atomic E-state index is 13.5. The lowest BCUT2D eigenvalue weighted by Crippen LogP contribution is -2.76. The van der Waals surface area contributed by atoms with Crippen LogP contribution in [0.4, 0.5) is 0 Å². The van der Waals surface area contributed by atoms with Gasteiger partial charge >= 0.3 is 5.97 Å². The number of ether oxygens (including phenoxy) is 4. The number of Topliss-reactive ketones (excluding diaryl/α,β-unsaturated/α-hetero) is 1. The van der Waals surface area contributed by atoms with Gasteiger partial charge in [0.25, 0.3) is 0 Å². The Bertz CT molecular complexity index is 1180. The molecule has 9 heteroatoms. The minimum absolute atomic E-state index is 0.267. The molecule has 6 aliphatic rings. The molecule has 0 aromatic rings. The van der Waals surface area contributed by atoms with Gasteiger partial charge in [-0.25, -0.2) is 0 Å². The Hall–Kier alpha value is -1.69. The van der Waals surface area contributed by atoms with Gasteiger partial charge in [-0.05, 0) is 37.8 Å². The van der Waals surface area contributed by atoms with Crippen LogP contribution in [0.1, 0.15) is 53.4 Å². The highest BCUT2D eigenvalue weighted by atomic mass is 16.9. The number of epoxide rings is 1. The highest BCUT2D eigenvalue weighted by molar-refractivity contribution is 6.05. The largest absolute Gasteiger partial charge is 0.393 e. The van der Waals surface area contributed by atoms with Crippen LogP contribution in [0.15, 0.2) is 48.1 Å². The van der Waals surface area contributed by atoms with Crippen molar-refractivity contribution in [3.63, 3.8) is 0 Å². The Balaban J connectivity index is 1.51. The summed E-state index contributed by atoms with van der Waals surface area (Å²) >= 11 is 0. The van der Waals surface area contributed by atoms with Crippen molar-refractivity contribution in [2.75, 3.05) is 6.61 Å². The van der Waals surface area contributed by atoms with Gasteiger partial charge in [0.05, 0.1) is 18.3 Å². The second-order valence-electron chi connectivity index (χ2n) is 12.4. The molecule has 5 fully saturated rings. The number of carbonyl (C=O) groups is 1. The third kappa shape index (κ3) is 3.11. The normalized spacial score (nSPS) is 53.1. The van der Waals surface area contributed by atoms with E-state index in [4.69, 9.17) is 18.9 Å². The molecule has 0 aromatic heterocycles. The lowest BCUT2D eigenvalue weighted by atomic mass is 9.53. The number of hydrogen-bond acceptors (Lipinski definition) is 9. The van der Waals surface area contributed by atoms with E-state index in [1.807, 2.05) is 6.08 Å². The Morgan fingerprint density at radius 2 is 1.90 bits per heavy atom. The minimum Gasteiger partial charge on any atom is -0.393 e. The molecular weight excluding hydrogens is 504 g/mol. The molecule has 9 nitrogen and oxygen atoms in total. The first-order valence-corrected chi connectivity index (χ1v) is 14.1. The van der Waals surface area contributed by atoms with E-state index >= 15 is 0 Å². The van der Waals surface area contributed by atoms with Crippen molar-refractivity contribution in [3.8, 4) is 0 Å². The van der Waals surface area contributed by atoms with Crippen LogP contribution >= 0.6 is 0 Å². The van der Waals surface area contributed by atoms with Crippen LogP contribution in [-0.2, 0) is 23.7 Å². The number of fused-ring (bicyclic) bond motifs is 3. The smallest absolute Gasteiger partial charge is 0.306 e. The van der Waals surface area contributed by atoms with Crippen molar-refractivity contribution < 1.29 is 44.2 Å². The quantitative estimate of drug-likeness (QED) is 0.156. The number of ketones is 1. The molecule has 4 N–H and O–H groups in total. The molecule has 0 aromatic carbocycles. The molecule has 0 spiro atoms. The second kappa shape index (κ2) is 8.66. The molecular formula is C30H40O9. The predicted molar refractivity (Wildman–Crippen MR) is 139 cm³/mol. The average molecular weight is 545 g/mol. The molecule has 3 aliphatic heterocycles. The summed E-state index contributed by atoms with van der Waals surface area (Å²) < 4.78 is 26.0. The Kier molecular flexibility index (Phi) is 6.10. The van der Waals surface area contributed by atoms with Crippen molar-refractivity contribution in [1.82, 2.24) is 0 Å². The number of aliphatic hydroxyl groups is 4. The molecule has 12 atom stereocenters. The summed E-state index contributed by atoms with van der Waals surface area (Å²) in [6.45, 7) is 10.8. The van der Waals surface area contributed by atoms with Crippen molar-refractivity contribution in [2.45, 2.75) is 106 Å². The molecule has 0 radical (unpaired) electrons. The average Bonchev–Trinajstić information content (AvgIpc) is 3.53. The molecule has 0 unspecified atom stereocenters. The maximum absolute atomic E-state index is 13.5. The zero-order chi connectivity index (χ0) is 28.2. The van der Waals surface area contributed by atoms with Gasteiger partial charge in [0, 0.05) is 23.8 Å². The number of rotatable bonds is 8. The lowest BCUT2D eigenvalue weighted by Gasteiger charge is -2.60. The summed E-state index contributed by atoms with van der Waals surface area (Å²) in [5.41, 5.74) is -5.98. The van der Waals surface area contributed by atoms with E-state index < -0.39 is 82.9 Å². The number of carbonyl (C=O) groups excluding carboxylic acids is 1. The minimum atomic E-state index is -2.34. The van der Waals surface area contributed by atoms with Gasteiger partial charge < -0.3 is 39.4 Å². The summed E-state index contributed by atoms with van der Waals surface area (Å²) in [5, 5.41) is 46.0. The van der Waals surface area contributed by atoms with Crippen molar-refractivity contribution in [2.24, 2.45) is 17.8 Å². The summed E-state index contributed by atoms with van der Waals surface area (Å²) in [4.78, 5) is 13.5. The molecule has 214 valence electrons. The van der Waals surface area contributed by atoms with E-state index in [-0.39, 0.29) is 5.57 Å². The van der Waals surface area contributed by atoms with Crippen LogP contribution in [-0.4, -0.2) is 85.6 Å². The topological polar surface area (TPSA) is 138 Å². The molecule has 3 heterocycles. The molecule has 3 aliphatic carbocycles. The van der Waals surface area contributed by atoms with Crippen LogP contribution < -0.4 is 0 Å². The monoisotopic (exact) mass is 544 g/mol. The van der Waals surface area contributed by atoms with Crippen molar-refractivity contribution >= 4 is 5.78 Å².